The molecule has 0 saturated carbocycles. The summed E-state index contributed by atoms with van der Waals surface area (Å²) in [6.45, 7) is 2.08. The van der Waals surface area contributed by atoms with Crippen molar-refractivity contribution in [1.82, 2.24) is 4.90 Å². The smallest absolute Gasteiger partial charge is 0.242 e. The maximum atomic E-state index is 13.4. The van der Waals surface area contributed by atoms with Crippen LogP contribution < -0.4 is 4.90 Å². The zero-order valence-corrected chi connectivity index (χ0v) is 14.3. The number of amides is 1. The number of benzene rings is 2. The van der Waals surface area contributed by atoms with Gasteiger partial charge in [0.1, 0.15) is 0 Å². The van der Waals surface area contributed by atoms with Gasteiger partial charge in [-0.25, -0.2) is 8.78 Å². The minimum Gasteiger partial charge on any atom is -0.395 e. The molecule has 2 aromatic rings. The van der Waals surface area contributed by atoms with E-state index in [1.807, 2.05) is 30.3 Å². The van der Waals surface area contributed by atoms with E-state index >= 15 is 0 Å². The van der Waals surface area contributed by atoms with Gasteiger partial charge in [0.2, 0.25) is 5.91 Å². The SMILES string of the molecule is CC(c1ccc(F)c(F)c1)N(C)C(=O)CN(CCO)c1ccccc1. The Bertz CT molecular complexity index is 710. The summed E-state index contributed by atoms with van der Waals surface area (Å²) in [5.74, 6) is -2.03. The Morgan fingerprint density at radius 3 is 2.40 bits per heavy atom. The molecular formula is C19H22F2N2O2. The van der Waals surface area contributed by atoms with Gasteiger partial charge in [0.15, 0.2) is 11.6 Å². The van der Waals surface area contributed by atoms with Crippen LogP contribution in [0, 0.1) is 11.6 Å². The number of carbonyl (C=O) groups excluding carboxylic acids is 1. The van der Waals surface area contributed by atoms with Crippen LogP contribution in [0.1, 0.15) is 18.5 Å². The molecule has 0 radical (unpaired) electrons. The first-order valence-electron chi connectivity index (χ1n) is 8.05. The molecule has 6 heteroatoms. The molecule has 0 spiro atoms. The van der Waals surface area contributed by atoms with Crippen LogP contribution in [0.4, 0.5) is 14.5 Å². The number of aliphatic hydroxyl groups is 1. The molecule has 0 bridgehead atoms. The summed E-state index contributed by atoms with van der Waals surface area (Å²) in [7, 11) is 1.62. The van der Waals surface area contributed by atoms with Gasteiger partial charge >= 0.3 is 0 Å². The van der Waals surface area contributed by atoms with Gasteiger partial charge in [-0.1, -0.05) is 24.3 Å². The van der Waals surface area contributed by atoms with Crippen LogP contribution >= 0.6 is 0 Å². The third kappa shape index (κ3) is 4.76. The number of likely N-dealkylation sites (N-methyl/N-ethyl adjacent to an activating group) is 1. The predicted octanol–water partition coefficient (Wildman–Crippen LogP) is 2.98. The van der Waals surface area contributed by atoms with Crippen molar-refractivity contribution in [3.8, 4) is 0 Å². The normalized spacial score (nSPS) is 11.9. The maximum absolute atomic E-state index is 13.4. The van der Waals surface area contributed by atoms with Crippen molar-refractivity contribution >= 4 is 11.6 Å². The van der Waals surface area contributed by atoms with Gasteiger partial charge in [-0.05, 0) is 36.8 Å². The first-order chi connectivity index (χ1) is 11.9. The van der Waals surface area contributed by atoms with Crippen molar-refractivity contribution in [3.05, 3.63) is 65.7 Å². The lowest BCUT2D eigenvalue weighted by molar-refractivity contribution is -0.130. The van der Waals surface area contributed by atoms with E-state index in [-0.39, 0.29) is 19.1 Å². The molecule has 0 aliphatic rings. The molecule has 1 N–H and O–H groups in total. The van der Waals surface area contributed by atoms with Crippen LogP contribution in [-0.4, -0.2) is 42.7 Å². The molecule has 134 valence electrons. The summed E-state index contributed by atoms with van der Waals surface area (Å²) in [6, 6.07) is 12.5. The summed E-state index contributed by atoms with van der Waals surface area (Å²) in [4.78, 5) is 15.9. The predicted molar refractivity (Wildman–Crippen MR) is 93.3 cm³/mol. The van der Waals surface area contributed by atoms with Crippen LogP contribution in [0.5, 0.6) is 0 Å². The molecule has 1 unspecified atom stereocenters. The van der Waals surface area contributed by atoms with Crippen molar-refractivity contribution in [3.63, 3.8) is 0 Å². The minimum atomic E-state index is -0.934. The maximum Gasteiger partial charge on any atom is 0.242 e. The Morgan fingerprint density at radius 1 is 1.12 bits per heavy atom. The van der Waals surface area contributed by atoms with E-state index in [4.69, 9.17) is 0 Å². The Labute approximate surface area is 146 Å². The van der Waals surface area contributed by atoms with Crippen molar-refractivity contribution in [2.24, 2.45) is 0 Å². The van der Waals surface area contributed by atoms with Crippen molar-refractivity contribution < 1.29 is 18.7 Å². The van der Waals surface area contributed by atoms with Gasteiger partial charge in [0.25, 0.3) is 0 Å². The van der Waals surface area contributed by atoms with Crippen LogP contribution in [0.2, 0.25) is 0 Å². The number of rotatable bonds is 7. The van der Waals surface area contributed by atoms with Gasteiger partial charge in [0, 0.05) is 19.3 Å². The lowest BCUT2D eigenvalue weighted by Gasteiger charge is -2.30. The molecule has 0 fully saturated rings. The number of carbonyl (C=O) groups is 1. The zero-order chi connectivity index (χ0) is 18.4. The fourth-order valence-corrected chi connectivity index (χ4v) is 2.55. The van der Waals surface area contributed by atoms with Gasteiger partial charge < -0.3 is 14.9 Å². The number of anilines is 1. The molecule has 0 heterocycles. The Balaban J connectivity index is 2.10. The van der Waals surface area contributed by atoms with E-state index in [2.05, 4.69) is 0 Å². The molecule has 0 aliphatic carbocycles. The average Bonchev–Trinajstić information content (AvgIpc) is 2.63. The molecule has 1 amide bonds. The molecule has 25 heavy (non-hydrogen) atoms. The quantitative estimate of drug-likeness (QED) is 0.837. The Kier molecular flexibility index (Phi) is 6.47. The summed E-state index contributed by atoms with van der Waals surface area (Å²) >= 11 is 0. The Hall–Kier alpha value is -2.47. The van der Waals surface area contributed by atoms with E-state index in [0.29, 0.717) is 12.1 Å². The number of halogens is 2. The second-order valence-electron chi connectivity index (χ2n) is 5.83. The second-order valence-corrected chi connectivity index (χ2v) is 5.83. The van der Waals surface area contributed by atoms with Crippen LogP contribution in [0.3, 0.4) is 0 Å². The molecule has 0 saturated heterocycles. The first-order valence-corrected chi connectivity index (χ1v) is 8.05. The zero-order valence-electron chi connectivity index (χ0n) is 14.3. The van der Waals surface area contributed by atoms with Crippen molar-refractivity contribution in [1.29, 1.82) is 0 Å². The molecular weight excluding hydrogens is 326 g/mol. The first kappa shape index (κ1) is 18.9. The number of nitrogens with zero attached hydrogens (tertiary/aromatic N) is 2. The van der Waals surface area contributed by atoms with E-state index in [1.165, 1.54) is 11.0 Å². The average molecular weight is 348 g/mol. The van der Waals surface area contributed by atoms with Crippen LogP contribution in [0.25, 0.3) is 0 Å². The highest BCUT2D eigenvalue weighted by Crippen LogP contribution is 2.22. The van der Waals surface area contributed by atoms with Gasteiger partial charge in [0.05, 0.1) is 19.2 Å². The van der Waals surface area contributed by atoms with Crippen LogP contribution in [-0.2, 0) is 4.79 Å². The van der Waals surface area contributed by atoms with Crippen molar-refractivity contribution in [2.75, 3.05) is 31.6 Å². The largest absolute Gasteiger partial charge is 0.395 e. The fourth-order valence-electron chi connectivity index (χ4n) is 2.55. The molecule has 2 aromatic carbocycles. The summed E-state index contributed by atoms with van der Waals surface area (Å²) in [5, 5.41) is 9.25. The topological polar surface area (TPSA) is 43.8 Å². The Morgan fingerprint density at radius 2 is 1.80 bits per heavy atom. The lowest BCUT2D eigenvalue weighted by atomic mass is 10.1. The molecule has 0 aliphatic heterocycles. The van der Waals surface area contributed by atoms with E-state index in [0.717, 1.165) is 17.8 Å². The summed E-state index contributed by atoms with van der Waals surface area (Å²) < 4.78 is 26.5. The van der Waals surface area contributed by atoms with E-state index in [1.54, 1.807) is 18.9 Å². The molecule has 2 rings (SSSR count). The van der Waals surface area contributed by atoms with E-state index < -0.39 is 17.7 Å². The summed E-state index contributed by atoms with van der Waals surface area (Å²) in [6.07, 6.45) is 0. The third-order valence-electron chi connectivity index (χ3n) is 4.22. The van der Waals surface area contributed by atoms with Gasteiger partial charge in [-0.3, -0.25) is 4.79 Å². The molecule has 4 nitrogen and oxygen atoms in total. The fraction of sp³-hybridized carbons (Fsp3) is 0.316. The van der Waals surface area contributed by atoms with Gasteiger partial charge in [-0.15, -0.1) is 0 Å². The highest BCUT2D eigenvalue weighted by Gasteiger charge is 2.21. The highest BCUT2D eigenvalue weighted by molar-refractivity contribution is 5.81. The van der Waals surface area contributed by atoms with E-state index in [9.17, 15) is 18.7 Å². The highest BCUT2D eigenvalue weighted by atomic mass is 19.2. The third-order valence-corrected chi connectivity index (χ3v) is 4.22. The number of hydrogen-bond acceptors (Lipinski definition) is 3. The molecule has 0 aromatic heterocycles. The van der Waals surface area contributed by atoms with Crippen LogP contribution in [0.15, 0.2) is 48.5 Å². The lowest BCUT2D eigenvalue weighted by Crippen LogP contribution is -2.40. The number of hydrogen-bond donors (Lipinski definition) is 1. The number of aliphatic hydroxyl groups excluding tert-OH is 1. The summed E-state index contributed by atoms with van der Waals surface area (Å²) in [5.41, 5.74) is 1.35. The van der Waals surface area contributed by atoms with Gasteiger partial charge in [-0.2, -0.15) is 0 Å². The molecule has 1 atom stereocenters. The second kappa shape index (κ2) is 8.58. The number of para-hydroxylation sites is 1. The van der Waals surface area contributed by atoms with Crippen molar-refractivity contribution in [2.45, 2.75) is 13.0 Å². The monoisotopic (exact) mass is 348 g/mol. The minimum absolute atomic E-state index is 0.0785. The standard InChI is InChI=1S/C19H22F2N2O2/c1-14(15-8-9-17(20)18(21)12-15)22(2)19(25)13-23(10-11-24)16-6-4-3-5-7-16/h3-9,12,14,24H,10-11,13H2,1-2H3.